The number of hydrogen-bond acceptors (Lipinski definition) is 4. The maximum Gasteiger partial charge on any atom is 0.319 e. The van der Waals surface area contributed by atoms with Gasteiger partial charge in [-0.05, 0) is 68.1 Å². The number of methoxy groups -OCH3 is 2. The third-order valence-electron chi connectivity index (χ3n) is 6.75. The summed E-state index contributed by atoms with van der Waals surface area (Å²) in [7, 11) is 5.51. The first-order valence-electron chi connectivity index (χ1n) is 10.7. The molecule has 2 aromatic rings. The summed E-state index contributed by atoms with van der Waals surface area (Å²) in [6.45, 7) is 2.02. The Morgan fingerprint density at radius 3 is 2.71 bits per heavy atom. The van der Waals surface area contributed by atoms with Crippen LogP contribution < -0.4 is 20.1 Å². The zero-order chi connectivity index (χ0) is 22.0. The second-order valence-electron chi connectivity index (χ2n) is 8.70. The van der Waals surface area contributed by atoms with Crippen LogP contribution in [0.15, 0.2) is 42.5 Å². The number of likely N-dealkylation sites (N-methyl/N-ethyl adjacent to an activating group) is 1. The fraction of sp³-hybridized carbons (Fsp3) is 0.458. The zero-order valence-corrected chi connectivity index (χ0v) is 19.0. The van der Waals surface area contributed by atoms with Gasteiger partial charge in [-0.25, -0.2) is 4.79 Å². The van der Waals surface area contributed by atoms with Crippen molar-refractivity contribution in [1.29, 1.82) is 0 Å². The van der Waals surface area contributed by atoms with E-state index in [4.69, 9.17) is 21.1 Å². The van der Waals surface area contributed by atoms with Gasteiger partial charge in [0.25, 0.3) is 0 Å². The van der Waals surface area contributed by atoms with E-state index >= 15 is 0 Å². The first kappa shape index (κ1) is 21.8. The predicted molar refractivity (Wildman–Crippen MR) is 123 cm³/mol. The van der Waals surface area contributed by atoms with Crippen LogP contribution in [0.4, 0.5) is 10.5 Å². The van der Waals surface area contributed by atoms with E-state index in [1.165, 1.54) is 5.56 Å². The van der Waals surface area contributed by atoms with Gasteiger partial charge in [0, 0.05) is 35.3 Å². The second kappa shape index (κ2) is 8.97. The van der Waals surface area contributed by atoms with Gasteiger partial charge < -0.3 is 25.0 Å². The summed E-state index contributed by atoms with van der Waals surface area (Å²) < 4.78 is 11.0. The minimum atomic E-state index is -0.183. The van der Waals surface area contributed by atoms with Gasteiger partial charge in [0.15, 0.2) is 11.5 Å². The molecule has 1 aliphatic heterocycles. The fourth-order valence-corrected chi connectivity index (χ4v) is 5.56. The molecule has 0 aromatic heterocycles. The van der Waals surface area contributed by atoms with E-state index in [9.17, 15) is 4.79 Å². The van der Waals surface area contributed by atoms with E-state index in [0.29, 0.717) is 16.6 Å². The van der Waals surface area contributed by atoms with Crippen molar-refractivity contribution in [2.45, 2.75) is 30.7 Å². The average Bonchev–Trinajstić information content (AvgIpc) is 3.09. The minimum Gasteiger partial charge on any atom is -0.493 e. The molecule has 2 aromatic carbocycles. The molecule has 166 valence electrons. The van der Waals surface area contributed by atoms with Crippen molar-refractivity contribution >= 4 is 23.3 Å². The number of carbonyl (C=O) groups excluding carboxylic acids is 1. The molecule has 6 nitrogen and oxygen atoms in total. The lowest BCUT2D eigenvalue weighted by molar-refractivity contribution is 0.197. The molecule has 1 aliphatic carbocycles. The average molecular weight is 444 g/mol. The maximum atomic E-state index is 12.5. The van der Waals surface area contributed by atoms with Crippen LogP contribution in [0.25, 0.3) is 0 Å². The third-order valence-corrected chi connectivity index (χ3v) is 6.98. The Hall–Kier alpha value is -2.44. The van der Waals surface area contributed by atoms with E-state index in [1.807, 2.05) is 18.2 Å². The molecule has 3 atom stereocenters. The van der Waals surface area contributed by atoms with E-state index in [1.54, 1.807) is 26.4 Å². The van der Waals surface area contributed by atoms with Crippen LogP contribution in [-0.2, 0) is 5.41 Å². The number of nitrogens with one attached hydrogen (secondary N) is 2. The molecule has 2 aliphatic rings. The third kappa shape index (κ3) is 4.46. The number of amides is 2. The minimum absolute atomic E-state index is 0.0654. The van der Waals surface area contributed by atoms with Gasteiger partial charge in [-0.15, -0.1) is 0 Å². The van der Waals surface area contributed by atoms with Crippen molar-refractivity contribution in [3.63, 3.8) is 0 Å². The van der Waals surface area contributed by atoms with Crippen LogP contribution in [0.2, 0.25) is 5.02 Å². The number of nitrogens with zero attached hydrogens (tertiary/aromatic N) is 1. The van der Waals surface area contributed by atoms with Crippen molar-refractivity contribution in [2.24, 2.45) is 5.92 Å². The highest BCUT2D eigenvalue weighted by Crippen LogP contribution is 2.49. The van der Waals surface area contributed by atoms with Crippen LogP contribution in [0.1, 0.15) is 24.8 Å². The standard InChI is InChI=1S/C24H30ClN3O3/c1-28-14-17-11-20(27-23(29)26-19-6-4-5-18(25)13-19)9-10-24(17,15-28)16-7-8-21(30-2)22(12-16)31-3/h4-8,12-13,17,20H,9-11,14-15H2,1-3H3,(H2,26,27,29). The second-order valence-corrected chi connectivity index (χ2v) is 9.14. The number of carbonyl (C=O) groups is 1. The fourth-order valence-electron chi connectivity index (χ4n) is 5.37. The molecule has 2 amide bonds. The van der Waals surface area contributed by atoms with Crippen LogP contribution >= 0.6 is 11.6 Å². The van der Waals surface area contributed by atoms with E-state index < -0.39 is 0 Å². The van der Waals surface area contributed by atoms with Crippen molar-refractivity contribution in [1.82, 2.24) is 10.2 Å². The molecule has 0 spiro atoms. The van der Waals surface area contributed by atoms with Crippen molar-refractivity contribution in [3.8, 4) is 11.5 Å². The van der Waals surface area contributed by atoms with Crippen molar-refractivity contribution in [3.05, 3.63) is 53.1 Å². The van der Waals surface area contributed by atoms with Gasteiger partial charge in [-0.2, -0.15) is 0 Å². The quantitative estimate of drug-likeness (QED) is 0.712. The Morgan fingerprint density at radius 1 is 1.16 bits per heavy atom. The summed E-state index contributed by atoms with van der Waals surface area (Å²) in [6.07, 6.45) is 2.89. The molecule has 1 saturated heterocycles. The zero-order valence-electron chi connectivity index (χ0n) is 18.3. The lowest BCUT2D eigenvalue weighted by atomic mass is 9.63. The van der Waals surface area contributed by atoms with Gasteiger partial charge in [0.2, 0.25) is 0 Å². The smallest absolute Gasteiger partial charge is 0.319 e. The first-order chi connectivity index (χ1) is 14.9. The predicted octanol–water partition coefficient (Wildman–Crippen LogP) is 4.53. The highest BCUT2D eigenvalue weighted by molar-refractivity contribution is 6.30. The highest BCUT2D eigenvalue weighted by Gasteiger charge is 2.50. The van der Waals surface area contributed by atoms with Crippen LogP contribution in [-0.4, -0.2) is 51.3 Å². The number of halogens is 1. The van der Waals surface area contributed by atoms with Gasteiger partial charge in [-0.1, -0.05) is 23.7 Å². The number of likely N-dealkylation sites (tertiary alicyclic amines) is 1. The normalized spacial score (nSPS) is 25.5. The van der Waals surface area contributed by atoms with E-state index in [0.717, 1.165) is 43.9 Å². The number of ether oxygens (including phenoxy) is 2. The molecule has 1 saturated carbocycles. The molecule has 3 unspecified atom stereocenters. The molecule has 7 heteroatoms. The number of anilines is 1. The summed E-state index contributed by atoms with van der Waals surface area (Å²) in [5.41, 5.74) is 2.05. The SMILES string of the molecule is COc1ccc(C23CCC(NC(=O)Nc4cccc(Cl)c4)CC2CN(C)C3)cc1OC. The van der Waals surface area contributed by atoms with Gasteiger partial charge in [-0.3, -0.25) is 0 Å². The monoisotopic (exact) mass is 443 g/mol. The molecule has 4 rings (SSSR count). The molecule has 31 heavy (non-hydrogen) atoms. The Balaban J connectivity index is 1.47. The number of benzene rings is 2. The van der Waals surface area contributed by atoms with Crippen LogP contribution in [0.5, 0.6) is 11.5 Å². The molecular formula is C24H30ClN3O3. The summed E-state index contributed by atoms with van der Waals surface area (Å²) in [5, 5.41) is 6.66. The lowest BCUT2D eigenvalue weighted by Gasteiger charge is -2.42. The Bertz CT molecular complexity index is 953. The summed E-state index contributed by atoms with van der Waals surface area (Å²) in [6, 6.07) is 13.5. The Morgan fingerprint density at radius 2 is 1.97 bits per heavy atom. The summed E-state index contributed by atoms with van der Waals surface area (Å²) >= 11 is 6.02. The molecule has 0 bridgehead atoms. The van der Waals surface area contributed by atoms with Crippen LogP contribution in [0, 0.1) is 5.92 Å². The summed E-state index contributed by atoms with van der Waals surface area (Å²) in [4.78, 5) is 14.9. The molecule has 0 radical (unpaired) electrons. The van der Waals surface area contributed by atoms with Gasteiger partial charge >= 0.3 is 6.03 Å². The molecular weight excluding hydrogens is 414 g/mol. The van der Waals surface area contributed by atoms with Crippen molar-refractivity contribution in [2.75, 3.05) is 39.7 Å². The number of fused-ring (bicyclic) bond motifs is 1. The molecule has 2 fully saturated rings. The highest BCUT2D eigenvalue weighted by atomic mass is 35.5. The largest absolute Gasteiger partial charge is 0.493 e. The first-order valence-corrected chi connectivity index (χ1v) is 11.1. The topological polar surface area (TPSA) is 62.8 Å². The summed E-state index contributed by atoms with van der Waals surface area (Å²) in [5.74, 6) is 1.98. The van der Waals surface area contributed by atoms with Gasteiger partial charge in [0.05, 0.1) is 14.2 Å². The maximum absolute atomic E-state index is 12.5. The Labute approximate surface area is 188 Å². The number of hydrogen-bond donors (Lipinski definition) is 2. The van der Waals surface area contributed by atoms with Gasteiger partial charge in [0.1, 0.15) is 0 Å². The molecule has 1 heterocycles. The van der Waals surface area contributed by atoms with E-state index in [-0.39, 0.29) is 17.5 Å². The number of urea groups is 1. The van der Waals surface area contributed by atoms with Crippen LogP contribution in [0.3, 0.4) is 0 Å². The van der Waals surface area contributed by atoms with E-state index in [2.05, 4.69) is 34.7 Å². The molecule has 2 N–H and O–H groups in total. The number of rotatable bonds is 5. The lowest BCUT2D eigenvalue weighted by Crippen LogP contribution is -2.48. The van der Waals surface area contributed by atoms with Crippen molar-refractivity contribution < 1.29 is 14.3 Å². The Kier molecular flexibility index (Phi) is 6.30.